The Balaban J connectivity index is 1.65. The maximum atomic E-state index is 12.6. The van der Waals surface area contributed by atoms with Crippen LogP contribution in [-0.2, 0) is 4.79 Å². The van der Waals surface area contributed by atoms with Crippen molar-refractivity contribution in [3.8, 4) is 0 Å². The van der Waals surface area contributed by atoms with Crippen molar-refractivity contribution in [3.63, 3.8) is 0 Å². The molecule has 1 saturated carbocycles. The van der Waals surface area contributed by atoms with Gasteiger partial charge in [-0.1, -0.05) is 29.3 Å². The Morgan fingerprint density at radius 1 is 1.29 bits per heavy atom. The highest BCUT2D eigenvalue weighted by molar-refractivity contribution is 6.35. The van der Waals surface area contributed by atoms with E-state index in [1.54, 1.807) is 6.07 Å². The molecule has 1 N–H and O–H groups in total. The third-order valence-corrected chi connectivity index (χ3v) is 5.24. The van der Waals surface area contributed by atoms with Gasteiger partial charge in [0.05, 0.1) is 0 Å². The highest BCUT2D eigenvalue weighted by Gasteiger charge is 2.46. The molecule has 1 aliphatic carbocycles. The molecule has 3 rings (SSSR count). The number of amides is 1. The van der Waals surface area contributed by atoms with Crippen molar-refractivity contribution in [2.75, 3.05) is 20.1 Å². The molecule has 0 aromatic heterocycles. The van der Waals surface area contributed by atoms with Gasteiger partial charge in [0.15, 0.2) is 0 Å². The Morgan fingerprint density at radius 2 is 2.00 bits per heavy atom. The summed E-state index contributed by atoms with van der Waals surface area (Å²) in [4.78, 5) is 14.6. The first-order chi connectivity index (χ1) is 10.1. The lowest BCUT2D eigenvalue weighted by Gasteiger charge is -2.32. The molecule has 1 heterocycles. The second kappa shape index (κ2) is 6.15. The van der Waals surface area contributed by atoms with Gasteiger partial charge >= 0.3 is 0 Å². The molecule has 0 spiro atoms. The first kappa shape index (κ1) is 15.1. The fourth-order valence-electron chi connectivity index (χ4n) is 3.25. The molecule has 3 nitrogen and oxygen atoms in total. The summed E-state index contributed by atoms with van der Waals surface area (Å²) in [5, 5.41) is 4.64. The molecule has 114 valence electrons. The van der Waals surface area contributed by atoms with Crippen LogP contribution in [-0.4, -0.2) is 37.0 Å². The van der Waals surface area contributed by atoms with E-state index >= 15 is 0 Å². The number of carbonyl (C=O) groups excluding carboxylic acids is 1. The van der Waals surface area contributed by atoms with Gasteiger partial charge in [0.25, 0.3) is 0 Å². The summed E-state index contributed by atoms with van der Waals surface area (Å²) < 4.78 is 0. The van der Waals surface area contributed by atoms with Gasteiger partial charge in [-0.05, 0) is 56.0 Å². The standard InChI is InChI=1S/C16H20Cl2N2O/c1-20(11-4-6-19-7-5-11)16(21)14-9-13(14)12-3-2-10(17)8-15(12)18/h2-3,8,11,13-14,19H,4-7,9H2,1H3. The quantitative estimate of drug-likeness (QED) is 0.924. The Labute approximate surface area is 135 Å². The van der Waals surface area contributed by atoms with E-state index in [1.807, 2.05) is 24.1 Å². The summed E-state index contributed by atoms with van der Waals surface area (Å²) in [7, 11) is 1.94. The highest BCUT2D eigenvalue weighted by atomic mass is 35.5. The normalized spacial score (nSPS) is 25.7. The lowest BCUT2D eigenvalue weighted by Crippen LogP contribution is -2.44. The predicted molar refractivity (Wildman–Crippen MR) is 86.0 cm³/mol. The summed E-state index contributed by atoms with van der Waals surface area (Å²) in [5.41, 5.74) is 1.05. The molecule has 2 atom stereocenters. The number of piperidine rings is 1. The zero-order chi connectivity index (χ0) is 15.0. The Morgan fingerprint density at radius 3 is 2.67 bits per heavy atom. The van der Waals surface area contributed by atoms with E-state index in [0.717, 1.165) is 37.9 Å². The number of carbonyl (C=O) groups is 1. The van der Waals surface area contributed by atoms with Crippen LogP contribution in [0.25, 0.3) is 0 Å². The summed E-state index contributed by atoms with van der Waals surface area (Å²) in [6.07, 6.45) is 2.98. The second-order valence-electron chi connectivity index (χ2n) is 6.04. The van der Waals surface area contributed by atoms with Crippen molar-refractivity contribution in [2.45, 2.75) is 31.2 Å². The molecule has 1 saturated heterocycles. The van der Waals surface area contributed by atoms with Crippen LogP contribution in [0.15, 0.2) is 18.2 Å². The van der Waals surface area contributed by atoms with Gasteiger partial charge in [-0.3, -0.25) is 4.79 Å². The van der Waals surface area contributed by atoms with Crippen LogP contribution in [0.5, 0.6) is 0 Å². The van der Waals surface area contributed by atoms with Crippen molar-refractivity contribution >= 4 is 29.1 Å². The average molecular weight is 327 g/mol. The van der Waals surface area contributed by atoms with E-state index in [0.29, 0.717) is 16.1 Å². The molecule has 1 aromatic carbocycles. The average Bonchev–Trinajstić information content (AvgIpc) is 3.27. The number of nitrogens with one attached hydrogen (secondary N) is 1. The highest BCUT2D eigenvalue weighted by Crippen LogP contribution is 2.51. The Hall–Kier alpha value is -0.770. The minimum atomic E-state index is 0.0866. The zero-order valence-corrected chi connectivity index (χ0v) is 13.6. The monoisotopic (exact) mass is 326 g/mol. The van der Waals surface area contributed by atoms with Crippen molar-refractivity contribution < 1.29 is 4.79 Å². The Kier molecular flexibility index (Phi) is 4.43. The van der Waals surface area contributed by atoms with Crippen LogP contribution in [0.2, 0.25) is 10.0 Å². The van der Waals surface area contributed by atoms with Gasteiger partial charge in [-0.25, -0.2) is 0 Å². The number of halogens is 2. The van der Waals surface area contributed by atoms with E-state index in [1.165, 1.54) is 0 Å². The van der Waals surface area contributed by atoms with Crippen LogP contribution in [0, 0.1) is 5.92 Å². The third kappa shape index (κ3) is 3.20. The van der Waals surface area contributed by atoms with Crippen LogP contribution >= 0.6 is 23.2 Å². The molecule has 0 radical (unpaired) electrons. The second-order valence-corrected chi connectivity index (χ2v) is 6.89. The third-order valence-electron chi connectivity index (χ3n) is 4.67. The molecular weight excluding hydrogens is 307 g/mol. The first-order valence-electron chi connectivity index (χ1n) is 7.50. The Bertz CT molecular complexity index is 543. The van der Waals surface area contributed by atoms with Gasteiger partial charge < -0.3 is 10.2 Å². The molecular formula is C16H20Cl2N2O. The van der Waals surface area contributed by atoms with Crippen molar-refractivity contribution in [2.24, 2.45) is 5.92 Å². The zero-order valence-electron chi connectivity index (χ0n) is 12.1. The molecule has 2 fully saturated rings. The number of hydrogen-bond donors (Lipinski definition) is 1. The molecule has 1 amide bonds. The molecule has 1 aliphatic heterocycles. The molecule has 21 heavy (non-hydrogen) atoms. The predicted octanol–water partition coefficient (Wildman–Crippen LogP) is 3.31. The van der Waals surface area contributed by atoms with Crippen LogP contribution in [0.4, 0.5) is 0 Å². The van der Waals surface area contributed by atoms with Gasteiger partial charge in [0.2, 0.25) is 5.91 Å². The van der Waals surface area contributed by atoms with E-state index in [9.17, 15) is 4.79 Å². The minimum absolute atomic E-state index is 0.0866. The van der Waals surface area contributed by atoms with Gasteiger partial charge in [0.1, 0.15) is 0 Å². The van der Waals surface area contributed by atoms with Gasteiger partial charge in [-0.15, -0.1) is 0 Å². The first-order valence-corrected chi connectivity index (χ1v) is 8.26. The summed E-state index contributed by atoms with van der Waals surface area (Å²) in [6.45, 7) is 2.00. The lowest BCUT2D eigenvalue weighted by molar-refractivity contribution is -0.133. The fraction of sp³-hybridized carbons (Fsp3) is 0.562. The topological polar surface area (TPSA) is 32.3 Å². The van der Waals surface area contributed by atoms with Crippen LogP contribution in [0.3, 0.4) is 0 Å². The van der Waals surface area contributed by atoms with E-state index in [2.05, 4.69) is 5.32 Å². The van der Waals surface area contributed by atoms with Crippen LogP contribution < -0.4 is 5.32 Å². The van der Waals surface area contributed by atoms with Gasteiger partial charge in [0, 0.05) is 29.1 Å². The fourth-order valence-corrected chi connectivity index (χ4v) is 3.80. The van der Waals surface area contributed by atoms with E-state index in [-0.39, 0.29) is 17.7 Å². The van der Waals surface area contributed by atoms with E-state index < -0.39 is 0 Å². The van der Waals surface area contributed by atoms with E-state index in [4.69, 9.17) is 23.2 Å². The van der Waals surface area contributed by atoms with Crippen LogP contribution in [0.1, 0.15) is 30.7 Å². The smallest absolute Gasteiger partial charge is 0.226 e. The molecule has 2 unspecified atom stereocenters. The number of nitrogens with zero attached hydrogens (tertiary/aromatic N) is 1. The lowest BCUT2D eigenvalue weighted by atomic mass is 10.0. The molecule has 0 bridgehead atoms. The van der Waals surface area contributed by atoms with Crippen molar-refractivity contribution in [1.29, 1.82) is 0 Å². The maximum Gasteiger partial charge on any atom is 0.226 e. The van der Waals surface area contributed by atoms with Crippen molar-refractivity contribution in [1.82, 2.24) is 10.2 Å². The summed E-state index contributed by atoms with van der Waals surface area (Å²) in [5.74, 6) is 0.605. The van der Waals surface area contributed by atoms with Gasteiger partial charge in [-0.2, -0.15) is 0 Å². The number of hydrogen-bond acceptors (Lipinski definition) is 2. The summed E-state index contributed by atoms with van der Waals surface area (Å²) in [6, 6.07) is 5.93. The number of benzene rings is 1. The minimum Gasteiger partial charge on any atom is -0.342 e. The molecule has 5 heteroatoms. The van der Waals surface area contributed by atoms with Crippen molar-refractivity contribution in [3.05, 3.63) is 33.8 Å². The molecule has 2 aliphatic rings. The molecule has 1 aromatic rings. The number of rotatable bonds is 3. The SMILES string of the molecule is CN(C(=O)C1CC1c1ccc(Cl)cc1Cl)C1CCNCC1. The maximum absolute atomic E-state index is 12.6. The summed E-state index contributed by atoms with van der Waals surface area (Å²) >= 11 is 12.2. The largest absolute Gasteiger partial charge is 0.342 e.